The minimum atomic E-state index is -0.149. The van der Waals surface area contributed by atoms with Gasteiger partial charge in [-0.25, -0.2) is 0 Å². The number of rotatable bonds is 7. The molecule has 0 atom stereocenters. The summed E-state index contributed by atoms with van der Waals surface area (Å²) in [5.74, 6) is 2.17. The summed E-state index contributed by atoms with van der Waals surface area (Å²) in [7, 11) is 1.62. The van der Waals surface area contributed by atoms with Gasteiger partial charge in [-0.3, -0.25) is 4.79 Å². The Morgan fingerprint density at radius 2 is 1.83 bits per heavy atom. The van der Waals surface area contributed by atoms with Gasteiger partial charge in [-0.05, 0) is 59.7 Å². The molecule has 178 valence electrons. The van der Waals surface area contributed by atoms with Crippen molar-refractivity contribution in [1.29, 1.82) is 0 Å². The fourth-order valence-corrected chi connectivity index (χ4v) is 4.23. The zero-order valence-corrected chi connectivity index (χ0v) is 20.1. The molecule has 3 aromatic carbocycles. The Labute approximate surface area is 208 Å². The quantitative estimate of drug-likeness (QED) is 0.376. The average Bonchev–Trinajstić information content (AvgIpc) is 3.35. The molecule has 2 heterocycles. The van der Waals surface area contributed by atoms with E-state index < -0.39 is 0 Å². The minimum absolute atomic E-state index is 0.149. The molecule has 5 rings (SSSR count). The lowest BCUT2D eigenvalue weighted by atomic mass is 10.1. The van der Waals surface area contributed by atoms with E-state index in [1.165, 1.54) is 0 Å². The third-order valence-electron chi connectivity index (χ3n) is 5.87. The maximum atomic E-state index is 12.9. The Bertz CT molecular complexity index is 1420. The number of methoxy groups -OCH3 is 1. The summed E-state index contributed by atoms with van der Waals surface area (Å²) >= 11 is 5.78. The fraction of sp³-hybridized carbons (Fsp3) is 0.185. The number of ether oxygens (including phenoxy) is 3. The summed E-state index contributed by atoms with van der Waals surface area (Å²) in [6.07, 6.45) is 0. The fourth-order valence-electron chi connectivity index (χ4n) is 4.02. The van der Waals surface area contributed by atoms with Crippen LogP contribution in [0.5, 0.6) is 17.2 Å². The van der Waals surface area contributed by atoms with Gasteiger partial charge >= 0.3 is 0 Å². The van der Waals surface area contributed by atoms with Crippen molar-refractivity contribution in [2.75, 3.05) is 13.9 Å². The molecule has 1 aliphatic rings. The van der Waals surface area contributed by atoms with E-state index in [1.807, 2.05) is 77.7 Å². The monoisotopic (exact) mass is 487 g/mol. The van der Waals surface area contributed by atoms with Gasteiger partial charge in [0, 0.05) is 29.6 Å². The van der Waals surface area contributed by atoms with E-state index in [4.69, 9.17) is 26.4 Å². The maximum absolute atomic E-state index is 12.9. The van der Waals surface area contributed by atoms with Crippen LogP contribution in [-0.4, -0.2) is 28.9 Å². The molecular weight excluding hydrogens is 462 g/mol. The van der Waals surface area contributed by atoms with E-state index in [1.54, 1.807) is 7.11 Å². The summed E-state index contributed by atoms with van der Waals surface area (Å²) in [4.78, 5) is 17.9. The average molecular weight is 488 g/mol. The van der Waals surface area contributed by atoms with Gasteiger partial charge in [0.05, 0.1) is 13.7 Å². The van der Waals surface area contributed by atoms with Gasteiger partial charge in [0.15, 0.2) is 16.6 Å². The highest BCUT2D eigenvalue weighted by atomic mass is 32.1. The summed E-state index contributed by atoms with van der Waals surface area (Å²) < 4.78 is 16.3. The van der Waals surface area contributed by atoms with Gasteiger partial charge in [-0.15, -0.1) is 0 Å². The van der Waals surface area contributed by atoms with E-state index in [9.17, 15) is 4.79 Å². The van der Waals surface area contributed by atoms with Crippen LogP contribution in [0.2, 0.25) is 0 Å². The molecule has 0 radical (unpaired) electrons. The molecule has 0 aliphatic carbocycles. The van der Waals surface area contributed by atoms with Crippen LogP contribution in [-0.2, 0) is 19.6 Å². The van der Waals surface area contributed by atoms with Crippen LogP contribution in [0.1, 0.15) is 16.7 Å². The standard InChI is InChI=1S/C27H25N3O4S/c1-32-22-8-9-23-20(13-22)12-21(26(31)29-23)16-30(27(35)28-14-18-5-3-2-4-6-18)15-19-7-10-24-25(11-19)34-17-33-24/h2-13H,14-17H2,1H3,(H,28,35)(H,29,31). The highest BCUT2D eigenvalue weighted by molar-refractivity contribution is 7.80. The molecule has 0 saturated carbocycles. The van der Waals surface area contributed by atoms with E-state index >= 15 is 0 Å². The van der Waals surface area contributed by atoms with E-state index in [0.29, 0.717) is 36.1 Å². The Morgan fingerprint density at radius 1 is 1.00 bits per heavy atom. The number of nitrogens with one attached hydrogen (secondary N) is 2. The lowest BCUT2D eigenvalue weighted by Gasteiger charge is -2.26. The number of nitrogens with zero attached hydrogens (tertiary/aromatic N) is 1. The molecule has 0 bridgehead atoms. The number of hydrogen-bond acceptors (Lipinski definition) is 5. The number of H-pyrrole nitrogens is 1. The molecule has 0 unspecified atom stereocenters. The van der Waals surface area contributed by atoms with Crippen molar-refractivity contribution in [1.82, 2.24) is 15.2 Å². The topological polar surface area (TPSA) is 75.8 Å². The Balaban J connectivity index is 1.42. The molecule has 7 nitrogen and oxygen atoms in total. The molecule has 2 N–H and O–H groups in total. The predicted octanol–water partition coefficient (Wildman–Crippen LogP) is 4.34. The summed E-state index contributed by atoms with van der Waals surface area (Å²) in [6.45, 7) is 1.63. The number of hydrogen-bond donors (Lipinski definition) is 2. The lowest BCUT2D eigenvalue weighted by Crippen LogP contribution is -2.39. The Hall–Kier alpha value is -4.04. The van der Waals surface area contributed by atoms with Gasteiger partial charge in [-0.1, -0.05) is 36.4 Å². The van der Waals surface area contributed by atoms with Crippen LogP contribution < -0.4 is 25.1 Å². The van der Waals surface area contributed by atoms with E-state index in [-0.39, 0.29) is 12.4 Å². The number of thiocarbonyl (C=S) groups is 1. The van der Waals surface area contributed by atoms with Crippen LogP contribution in [0.25, 0.3) is 10.9 Å². The van der Waals surface area contributed by atoms with Crippen LogP contribution in [0.3, 0.4) is 0 Å². The minimum Gasteiger partial charge on any atom is -0.497 e. The molecule has 0 saturated heterocycles. The van der Waals surface area contributed by atoms with E-state index in [2.05, 4.69) is 10.3 Å². The van der Waals surface area contributed by atoms with Gasteiger partial charge in [0.25, 0.3) is 5.56 Å². The predicted molar refractivity (Wildman–Crippen MR) is 139 cm³/mol. The van der Waals surface area contributed by atoms with Gasteiger partial charge in [-0.2, -0.15) is 0 Å². The van der Waals surface area contributed by atoms with Gasteiger partial charge in [0.1, 0.15) is 5.75 Å². The van der Waals surface area contributed by atoms with Crippen LogP contribution >= 0.6 is 12.2 Å². The van der Waals surface area contributed by atoms with Crippen LogP contribution in [0.4, 0.5) is 0 Å². The molecule has 0 fully saturated rings. The maximum Gasteiger partial charge on any atom is 0.253 e. The molecule has 4 aromatic rings. The number of benzene rings is 3. The first-order valence-electron chi connectivity index (χ1n) is 11.2. The van der Waals surface area contributed by atoms with Crippen molar-refractivity contribution in [2.24, 2.45) is 0 Å². The number of aromatic amines is 1. The normalized spacial score (nSPS) is 11.9. The van der Waals surface area contributed by atoms with Crippen molar-refractivity contribution in [3.8, 4) is 17.2 Å². The van der Waals surface area contributed by atoms with Crippen molar-refractivity contribution in [3.05, 3.63) is 99.8 Å². The van der Waals surface area contributed by atoms with Crippen LogP contribution in [0, 0.1) is 0 Å². The third kappa shape index (κ3) is 5.22. The first-order chi connectivity index (χ1) is 17.1. The summed E-state index contributed by atoms with van der Waals surface area (Å²) in [5, 5.41) is 4.78. The molecule has 35 heavy (non-hydrogen) atoms. The molecular formula is C27H25N3O4S. The summed E-state index contributed by atoms with van der Waals surface area (Å²) in [5.41, 5.74) is 3.33. The number of fused-ring (bicyclic) bond motifs is 2. The first kappa shape index (κ1) is 22.7. The second kappa shape index (κ2) is 10.1. The lowest BCUT2D eigenvalue weighted by molar-refractivity contribution is 0.174. The van der Waals surface area contributed by atoms with Crippen molar-refractivity contribution in [3.63, 3.8) is 0 Å². The number of aromatic nitrogens is 1. The highest BCUT2D eigenvalue weighted by Gasteiger charge is 2.18. The Morgan fingerprint density at radius 3 is 2.66 bits per heavy atom. The largest absolute Gasteiger partial charge is 0.497 e. The zero-order chi connectivity index (χ0) is 24.2. The highest BCUT2D eigenvalue weighted by Crippen LogP contribution is 2.33. The van der Waals surface area contributed by atoms with Crippen molar-refractivity contribution < 1.29 is 14.2 Å². The van der Waals surface area contributed by atoms with Crippen molar-refractivity contribution >= 4 is 28.2 Å². The molecule has 1 aliphatic heterocycles. The third-order valence-corrected chi connectivity index (χ3v) is 6.28. The van der Waals surface area contributed by atoms with Gasteiger partial charge in [0.2, 0.25) is 6.79 Å². The SMILES string of the molecule is COc1ccc2[nH]c(=O)c(CN(Cc3ccc4c(c3)OCO4)C(=S)NCc3ccccc3)cc2c1. The van der Waals surface area contributed by atoms with Crippen LogP contribution in [0.15, 0.2) is 77.6 Å². The second-order valence-corrected chi connectivity index (χ2v) is 8.65. The summed E-state index contributed by atoms with van der Waals surface area (Å²) in [6, 6.07) is 23.3. The molecule has 0 amide bonds. The molecule has 1 aromatic heterocycles. The molecule has 8 heteroatoms. The van der Waals surface area contributed by atoms with Gasteiger partial charge < -0.3 is 29.4 Å². The first-order valence-corrected chi connectivity index (χ1v) is 11.6. The van der Waals surface area contributed by atoms with Crippen molar-refractivity contribution in [2.45, 2.75) is 19.6 Å². The smallest absolute Gasteiger partial charge is 0.253 e. The zero-order valence-electron chi connectivity index (χ0n) is 19.2. The molecule has 0 spiro atoms. The van der Waals surface area contributed by atoms with E-state index in [0.717, 1.165) is 33.5 Å². The Kier molecular flexibility index (Phi) is 6.54. The second-order valence-electron chi connectivity index (χ2n) is 8.26. The number of pyridine rings is 1.